The minimum absolute atomic E-state index is 0.0593. The molecule has 29 heteroatoms. The lowest BCUT2D eigenvalue weighted by Gasteiger charge is -2.41. The Hall–Kier alpha value is -7.87. The van der Waals surface area contributed by atoms with Crippen LogP contribution in [0.15, 0.2) is 65.8 Å². The fraction of sp³-hybridized carbons (Fsp3) is 0.509. The zero-order valence-electron chi connectivity index (χ0n) is 47.1. The number of amides is 5. The smallest absolute Gasteiger partial charge is 0.410 e. The molecule has 0 aliphatic carbocycles. The molecule has 0 spiro atoms. The third kappa shape index (κ3) is 17.4. The molecule has 19 nitrogen and oxygen atoms in total. The number of allylic oxidation sites excluding steroid dienone is 1. The summed E-state index contributed by atoms with van der Waals surface area (Å²) in [5, 5.41) is 18.4. The van der Waals surface area contributed by atoms with Crippen LogP contribution in [0.5, 0.6) is 0 Å². The first kappa shape index (κ1) is 66.9. The normalized spacial score (nSPS) is 17.4. The van der Waals surface area contributed by atoms with Gasteiger partial charge in [0.1, 0.15) is 35.1 Å². The summed E-state index contributed by atoms with van der Waals surface area (Å²) in [7, 11) is 1.58. The largest absolute Gasteiger partial charge is 0.453 e. The highest BCUT2D eigenvalue weighted by atomic mass is 19.4. The van der Waals surface area contributed by atoms with Gasteiger partial charge in [0.05, 0.1) is 49.3 Å². The molecule has 460 valence electrons. The number of aliphatic imine (C=N–C) groups is 1. The van der Waals surface area contributed by atoms with Crippen molar-refractivity contribution in [1.29, 1.82) is 0 Å². The van der Waals surface area contributed by atoms with Gasteiger partial charge in [-0.1, -0.05) is 24.0 Å². The van der Waals surface area contributed by atoms with Gasteiger partial charge in [0, 0.05) is 66.5 Å². The van der Waals surface area contributed by atoms with Gasteiger partial charge in [0.25, 0.3) is 5.91 Å². The number of ether oxygens (including phenoxy) is 3. The second kappa shape index (κ2) is 27.2. The van der Waals surface area contributed by atoms with Crippen molar-refractivity contribution in [2.24, 2.45) is 21.6 Å². The van der Waals surface area contributed by atoms with E-state index in [4.69, 9.17) is 10.5 Å². The van der Waals surface area contributed by atoms with Crippen molar-refractivity contribution < 1.29 is 87.2 Å². The Bertz CT molecular complexity index is 2930. The van der Waals surface area contributed by atoms with E-state index in [0.717, 1.165) is 33.1 Å². The molecule has 6 atom stereocenters. The Kier molecular flexibility index (Phi) is 21.7. The number of nitrogens with one attached hydrogen (secondary N) is 4. The van der Waals surface area contributed by atoms with Gasteiger partial charge in [-0.05, 0) is 116 Å². The predicted octanol–water partition coefficient (Wildman–Crippen LogP) is 7.49. The number of hydrogen-bond donors (Lipinski definition) is 6. The van der Waals surface area contributed by atoms with Crippen molar-refractivity contribution in [3.8, 4) is 11.8 Å². The molecule has 3 aromatic rings. The number of benzene rings is 2. The Morgan fingerprint density at radius 2 is 1.31 bits per heavy atom. The van der Waals surface area contributed by atoms with E-state index in [1.807, 2.05) is 31.5 Å². The molecule has 2 aliphatic heterocycles. The predicted molar refractivity (Wildman–Crippen MR) is 285 cm³/mol. The zero-order valence-corrected chi connectivity index (χ0v) is 47.1. The number of fused-ring (bicyclic) bond motifs is 2. The third-order valence-electron chi connectivity index (χ3n) is 14.0. The Morgan fingerprint density at radius 1 is 0.798 bits per heavy atom. The van der Waals surface area contributed by atoms with Gasteiger partial charge in [-0.2, -0.15) is 35.1 Å². The summed E-state index contributed by atoms with van der Waals surface area (Å²) in [5.74, 6) is 0.461. The number of nitrogens with two attached hydrogens (primary N) is 1. The first-order chi connectivity index (χ1) is 39.0. The van der Waals surface area contributed by atoms with E-state index in [1.54, 1.807) is 28.5 Å². The lowest BCUT2D eigenvalue weighted by molar-refractivity contribution is -0.221. The number of piperazine rings is 1. The Morgan fingerprint density at radius 3 is 1.79 bits per heavy atom. The van der Waals surface area contributed by atoms with E-state index in [1.165, 1.54) is 24.3 Å². The molecule has 84 heavy (non-hydrogen) atoms. The van der Waals surface area contributed by atoms with E-state index in [2.05, 4.69) is 41.5 Å². The minimum atomic E-state index is -5.25. The van der Waals surface area contributed by atoms with E-state index < -0.39 is 132 Å². The number of nitrogens with zero attached hydrogens (tertiary/aromatic N) is 5. The monoisotopic (exact) mass is 1200 g/mol. The molecule has 2 fully saturated rings. The molecule has 2 saturated heterocycles. The van der Waals surface area contributed by atoms with Crippen LogP contribution in [0, 0.1) is 34.3 Å². The number of rotatable bonds is 19. The molecule has 7 N–H and O–H groups in total. The molecule has 3 heterocycles. The van der Waals surface area contributed by atoms with Gasteiger partial charge >= 0.3 is 37.2 Å². The maximum absolute atomic E-state index is 16.0. The van der Waals surface area contributed by atoms with Crippen molar-refractivity contribution in [2.75, 3.05) is 38.8 Å². The van der Waals surface area contributed by atoms with Crippen LogP contribution >= 0.6 is 0 Å². The lowest BCUT2D eigenvalue weighted by Crippen LogP contribution is -2.63. The van der Waals surface area contributed by atoms with Gasteiger partial charge in [0.15, 0.2) is 0 Å². The van der Waals surface area contributed by atoms with E-state index in [9.17, 15) is 64.2 Å². The second-order valence-corrected chi connectivity index (χ2v) is 22.0. The Labute approximate surface area is 477 Å². The summed E-state index contributed by atoms with van der Waals surface area (Å²) in [6.45, 7) is 3.24. The summed E-state index contributed by atoms with van der Waals surface area (Å²) in [5.41, 5.74) is 0.303. The van der Waals surface area contributed by atoms with Crippen LogP contribution in [-0.4, -0.2) is 151 Å². The van der Waals surface area contributed by atoms with E-state index in [0.29, 0.717) is 81.1 Å². The number of aliphatic hydroxyl groups excluding tert-OH is 1. The van der Waals surface area contributed by atoms with Crippen molar-refractivity contribution in [3.63, 3.8) is 0 Å². The molecule has 5 rings (SSSR count). The van der Waals surface area contributed by atoms with Gasteiger partial charge in [-0.3, -0.25) is 19.9 Å². The third-order valence-corrected chi connectivity index (χ3v) is 14.0. The summed E-state index contributed by atoms with van der Waals surface area (Å²) in [6.07, 6.45) is -12.0. The number of alkyl carbamates (subject to hydrolysis) is 2. The molecule has 0 saturated carbocycles. The van der Waals surface area contributed by atoms with E-state index in [-0.39, 0.29) is 23.7 Å². The molecule has 5 amide bonds. The number of hydrogen-bond acceptors (Lipinski definition) is 14. The summed E-state index contributed by atoms with van der Waals surface area (Å²) >= 11 is 0. The average Bonchev–Trinajstić information content (AvgIpc) is 2.38. The van der Waals surface area contributed by atoms with Gasteiger partial charge in [-0.25, -0.2) is 38.1 Å². The van der Waals surface area contributed by atoms with E-state index >= 15 is 8.78 Å². The number of aliphatic hydroxyl groups is 1. The minimum Gasteiger partial charge on any atom is -0.453 e. The molecular weight excluding hydrogens is 1130 g/mol. The number of anilines is 1. The molecule has 0 radical (unpaired) electrons. The maximum atomic E-state index is 16.0. The van der Waals surface area contributed by atoms with Gasteiger partial charge in [0.2, 0.25) is 5.91 Å². The zero-order chi connectivity index (χ0) is 62.9. The Balaban J connectivity index is 1.49. The summed E-state index contributed by atoms with van der Waals surface area (Å²) < 4.78 is 159. The van der Waals surface area contributed by atoms with Crippen molar-refractivity contribution in [3.05, 3.63) is 100 Å². The van der Waals surface area contributed by atoms with Crippen LogP contribution < -0.4 is 32.0 Å². The molecule has 2 bridgehead atoms. The number of halogens is 10. The molecule has 2 aliphatic rings. The fourth-order valence-corrected chi connectivity index (χ4v) is 8.97. The highest BCUT2D eigenvalue weighted by molar-refractivity contribution is 5.87. The first-order valence-electron chi connectivity index (χ1n) is 25.9. The first-order valence-corrected chi connectivity index (χ1v) is 25.9. The number of pyridine rings is 1. The van der Waals surface area contributed by atoms with Crippen molar-refractivity contribution in [2.45, 2.75) is 135 Å². The second-order valence-electron chi connectivity index (χ2n) is 22.0. The van der Waals surface area contributed by atoms with Crippen LogP contribution in [0.3, 0.4) is 0 Å². The lowest BCUT2D eigenvalue weighted by atomic mass is 9.82. The molecule has 2 unspecified atom stereocenters. The quantitative estimate of drug-likeness (QED) is 0.0171. The number of aromatic nitrogens is 1. The fourth-order valence-electron chi connectivity index (χ4n) is 8.97. The van der Waals surface area contributed by atoms with Crippen LogP contribution in [0.1, 0.15) is 89.1 Å². The SMILES string of the molecule is COC(=O)N[C@H](C(=O)N[C@@H](Cc1ccc(C#Cc2ccc(N3CC4CCC(C3)N4C(=O)OC(C)(C)C)nc2)cc1)[C@@H](O)CN(Cc1c(F)cc(C(N)=CC=NC(F)F)cc1F)NC(=O)[C@@H](NC(=O)OC)C(C)(C)C(F)(F)F)C(C)(C)C(F)(F)F. The maximum Gasteiger partial charge on any atom is 0.410 e. The van der Waals surface area contributed by atoms with Crippen molar-refractivity contribution in [1.82, 2.24) is 36.3 Å². The number of carbonyl (C=O) groups excluding carboxylic acids is 5. The molecule has 1 aromatic heterocycles. The van der Waals surface area contributed by atoms with Crippen LogP contribution in [0.2, 0.25) is 0 Å². The van der Waals surface area contributed by atoms with Gasteiger partial charge < -0.3 is 45.9 Å². The molecule has 2 aromatic carbocycles. The van der Waals surface area contributed by atoms with Crippen LogP contribution in [0.4, 0.5) is 64.1 Å². The number of hydrazine groups is 1. The number of methoxy groups -OCH3 is 2. The molecular formula is C55H66F10N10O9. The highest BCUT2D eigenvalue weighted by Gasteiger charge is 2.57. The van der Waals surface area contributed by atoms with Crippen LogP contribution in [0.25, 0.3) is 5.70 Å². The average molecular weight is 1200 g/mol. The van der Waals surface area contributed by atoms with Crippen molar-refractivity contribution >= 4 is 47.8 Å². The standard InChI is InChI=1S/C55H66F10N10O9/c1-51(2,3)84-50(81)75-34-17-18-35(75)27-73(26-34)42-19-16-32(25-68-42)15-12-30-10-13-31(14-11-30)22-40(69-45(77)43(70-48(79)82-8)52(4,5)54(60,61)62)41(76)29-74(72-46(78)44(71-49(80)83-9)53(6,7)55(63,64)65)28-36-37(56)23-33(24-38(36)57)39(66)20-21-67-47(58)59/h10-11,13-14,16,19-21,23-25,34-35,40-41,43-44,47,76H,17-18,22,26-29,66H2,1-9H3,(H,69,77)(H,70,79)(H,71,80)(H,72,78)/t34?,35?,40-,41-,43+,44+/m0/s1. The van der Waals surface area contributed by atoms with Gasteiger partial charge in [-0.15, -0.1) is 0 Å². The number of carbonyl (C=O) groups is 5. The number of alkyl halides is 8. The summed E-state index contributed by atoms with van der Waals surface area (Å²) in [6, 6.07) is 3.74. The highest BCUT2D eigenvalue weighted by Crippen LogP contribution is 2.42. The topological polar surface area (TPSA) is 242 Å². The van der Waals surface area contributed by atoms with Crippen LogP contribution in [-0.2, 0) is 36.8 Å². The summed E-state index contributed by atoms with van der Waals surface area (Å²) in [4.78, 5) is 77.1.